The van der Waals surface area contributed by atoms with E-state index < -0.39 is 0 Å². The molecule has 2 nitrogen and oxygen atoms in total. The van der Waals surface area contributed by atoms with Gasteiger partial charge in [-0.1, -0.05) is 0 Å². The molecule has 1 atom stereocenters. The maximum absolute atomic E-state index is 6.19. The van der Waals surface area contributed by atoms with Crippen molar-refractivity contribution in [3.05, 3.63) is 113 Å². The fourth-order valence-electron chi connectivity index (χ4n) is 4.85. The zero-order valence-corrected chi connectivity index (χ0v) is 22.8. The normalized spacial score (nSPS) is 15.1. The van der Waals surface area contributed by atoms with Crippen molar-refractivity contribution in [3.8, 4) is 11.5 Å². The van der Waals surface area contributed by atoms with Crippen LogP contribution in [0.2, 0.25) is 0 Å². The summed E-state index contributed by atoms with van der Waals surface area (Å²) >= 11 is 1.51. The molecule has 1 aliphatic carbocycles. The summed E-state index contributed by atoms with van der Waals surface area (Å²) in [6.45, 7) is 4.38. The molecule has 0 bridgehead atoms. The van der Waals surface area contributed by atoms with Gasteiger partial charge in [-0.05, 0) is 0 Å². The molecule has 0 N–H and O–H groups in total. The molecule has 0 amide bonds. The van der Waals surface area contributed by atoms with Crippen molar-refractivity contribution in [3.63, 3.8) is 0 Å². The molecule has 1 heterocycles. The van der Waals surface area contributed by atoms with Crippen LogP contribution in [0.5, 0.6) is 11.5 Å². The van der Waals surface area contributed by atoms with Crippen molar-refractivity contribution in [2.75, 3.05) is 4.90 Å². The molecule has 1 unspecified atom stereocenters. The summed E-state index contributed by atoms with van der Waals surface area (Å²) in [7, 11) is 0. The molecule has 2 aliphatic rings. The van der Waals surface area contributed by atoms with Gasteiger partial charge in [-0.15, -0.1) is 0 Å². The maximum Gasteiger partial charge on any atom is -1.00 e. The molecular formula is C29H22Cl2NOZr. The average molecular weight is 563 g/mol. The topological polar surface area (TPSA) is 12.5 Å². The number of nitrogens with zero attached hydrogens (tertiary/aromatic N) is 1. The Morgan fingerprint density at radius 3 is 2.06 bits per heavy atom. The van der Waals surface area contributed by atoms with Crippen molar-refractivity contribution in [2.24, 2.45) is 0 Å². The van der Waals surface area contributed by atoms with E-state index >= 15 is 0 Å². The zero-order chi connectivity index (χ0) is 21.8. The number of rotatable bonds is 2. The van der Waals surface area contributed by atoms with E-state index in [2.05, 4.69) is 85.5 Å². The molecule has 0 saturated heterocycles. The predicted molar refractivity (Wildman–Crippen MR) is 128 cm³/mol. The molecule has 34 heavy (non-hydrogen) atoms. The van der Waals surface area contributed by atoms with E-state index in [1.807, 2.05) is 24.3 Å². The summed E-state index contributed by atoms with van der Waals surface area (Å²) in [6.07, 6.45) is 2.39. The van der Waals surface area contributed by atoms with Gasteiger partial charge >= 0.3 is 205 Å². The smallest absolute Gasteiger partial charge is 1.00 e. The van der Waals surface area contributed by atoms with Gasteiger partial charge in [0.1, 0.15) is 0 Å². The molecule has 0 radical (unpaired) electrons. The second kappa shape index (κ2) is 9.74. The number of para-hydroxylation sites is 4. The average Bonchev–Trinajstić information content (AvgIpc) is 3.13. The summed E-state index contributed by atoms with van der Waals surface area (Å²) in [5.41, 5.74) is 11.6. The molecule has 0 fully saturated rings. The van der Waals surface area contributed by atoms with Gasteiger partial charge in [-0.3, -0.25) is 0 Å². The second-order valence-electron chi connectivity index (χ2n) is 8.54. The standard InChI is InChI=1S/C29H22NO.2ClH.Zr/c1-19-11-14-25(20(2)15-19)23-16-21-12-13-24(18-22(21)17-23)30-26-7-3-5-9-28(26)31-29-10-6-4-8-27(29)30;;;/h3-18H,1-2H3;2*1H;/q;;;+2/p-2. The first-order valence-corrected chi connectivity index (χ1v) is 12.3. The van der Waals surface area contributed by atoms with E-state index in [1.165, 1.54) is 63.8 Å². The number of anilines is 3. The number of aryl methyl sites for hydroxylation is 2. The Morgan fingerprint density at radius 2 is 1.41 bits per heavy atom. The van der Waals surface area contributed by atoms with E-state index in [4.69, 9.17) is 4.74 Å². The molecule has 4 aromatic carbocycles. The Bertz CT molecular complexity index is 1370. The van der Waals surface area contributed by atoms with Crippen LogP contribution in [0.1, 0.15) is 31.4 Å². The van der Waals surface area contributed by atoms with Crippen LogP contribution in [0.4, 0.5) is 17.1 Å². The Kier molecular flexibility index (Phi) is 7.10. The van der Waals surface area contributed by atoms with E-state index in [-0.39, 0.29) is 24.8 Å². The van der Waals surface area contributed by atoms with Crippen LogP contribution in [-0.2, 0) is 24.7 Å². The minimum absolute atomic E-state index is 0. The van der Waals surface area contributed by atoms with Crippen LogP contribution in [0.15, 0.2) is 84.9 Å². The Morgan fingerprint density at radius 1 is 0.765 bits per heavy atom. The molecule has 0 spiro atoms. The third-order valence-electron chi connectivity index (χ3n) is 6.39. The first-order valence-electron chi connectivity index (χ1n) is 10.9. The van der Waals surface area contributed by atoms with Gasteiger partial charge in [0.05, 0.1) is 0 Å². The van der Waals surface area contributed by atoms with E-state index in [0.29, 0.717) is 3.63 Å². The van der Waals surface area contributed by atoms with Crippen LogP contribution in [-0.4, -0.2) is 0 Å². The van der Waals surface area contributed by atoms with Crippen LogP contribution in [0, 0.1) is 13.8 Å². The van der Waals surface area contributed by atoms with Crippen LogP contribution >= 0.6 is 0 Å². The van der Waals surface area contributed by atoms with Gasteiger partial charge in [0.15, 0.2) is 0 Å². The quantitative estimate of drug-likeness (QED) is 0.327. The zero-order valence-electron chi connectivity index (χ0n) is 18.8. The van der Waals surface area contributed by atoms with Gasteiger partial charge in [0.2, 0.25) is 0 Å². The molecule has 0 aromatic heterocycles. The number of halogens is 2. The molecule has 6 rings (SSSR count). The first kappa shape index (κ1) is 24.8. The SMILES string of the molecule is Cc1ccc(C2=Cc3ccc(N4c5ccccc5Oc5ccccc54)cc3[CH]2[Zr+2])c(C)c1.[Cl-].[Cl-]. The molecular weight excluding hydrogens is 540 g/mol. The number of ether oxygens (including phenoxy) is 1. The molecule has 1 aliphatic heterocycles. The fraction of sp³-hybridized carbons (Fsp3) is 0.103. The van der Waals surface area contributed by atoms with Gasteiger partial charge in [-0.2, -0.15) is 0 Å². The van der Waals surface area contributed by atoms with Crippen LogP contribution in [0.3, 0.4) is 0 Å². The van der Waals surface area contributed by atoms with E-state index in [9.17, 15) is 0 Å². The molecule has 167 valence electrons. The summed E-state index contributed by atoms with van der Waals surface area (Å²) in [5, 5.41) is 0. The fourth-order valence-corrected chi connectivity index (χ4v) is 6.06. The Labute approximate surface area is 228 Å². The minimum Gasteiger partial charge on any atom is -1.00 e. The van der Waals surface area contributed by atoms with Gasteiger partial charge in [0.25, 0.3) is 0 Å². The van der Waals surface area contributed by atoms with E-state index in [1.54, 1.807) is 0 Å². The second-order valence-corrected chi connectivity index (χ2v) is 9.96. The maximum atomic E-state index is 6.19. The number of hydrogen-bond donors (Lipinski definition) is 0. The largest absolute Gasteiger partial charge is 1.00 e. The van der Waals surface area contributed by atoms with Crippen LogP contribution in [0.25, 0.3) is 11.6 Å². The summed E-state index contributed by atoms with van der Waals surface area (Å²) in [5.74, 6) is 1.78. The van der Waals surface area contributed by atoms with Crippen molar-refractivity contribution < 1.29 is 54.3 Å². The van der Waals surface area contributed by atoms with Crippen molar-refractivity contribution >= 4 is 28.7 Å². The molecule has 5 heteroatoms. The van der Waals surface area contributed by atoms with Gasteiger partial charge < -0.3 is 24.8 Å². The van der Waals surface area contributed by atoms with Crippen molar-refractivity contribution in [1.29, 1.82) is 0 Å². The van der Waals surface area contributed by atoms with Crippen LogP contribution < -0.4 is 34.5 Å². The predicted octanol–water partition coefficient (Wildman–Crippen LogP) is 2.03. The summed E-state index contributed by atoms with van der Waals surface area (Å²) in [4.78, 5) is 2.33. The number of benzene rings is 4. The summed E-state index contributed by atoms with van der Waals surface area (Å²) < 4.78 is 6.63. The van der Waals surface area contributed by atoms with Gasteiger partial charge in [-0.25, -0.2) is 0 Å². The number of hydrogen-bond acceptors (Lipinski definition) is 2. The Hall–Kier alpha value is -2.32. The van der Waals surface area contributed by atoms with Crippen molar-refractivity contribution in [1.82, 2.24) is 0 Å². The van der Waals surface area contributed by atoms with Gasteiger partial charge in [0, 0.05) is 0 Å². The number of allylic oxidation sites excluding steroid dienone is 1. The molecule has 0 saturated carbocycles. The summed E-state index contributed by atoms with van der Waals surface area (Å²) in [6, 6.07) is 30.2. The monoisotopic (exact) mass is 560 g/mol. The molecule has 4 aromatic rings. The Balaban J connectivity index is 0.00000137. The minimum atomic E-state index is 0. The number of fused-ring (bicyclic) bond motifs is 3. The third-order valence-corrected chi connectivity index (χ3v) is 7.92. The van der Waals surface area contributed by atoms with E-state index in [0.717, 1.165) is 22.9 Å². The third kappa shape index (κ3) is 4.05. The van der Waals surface area contributed by atoms with Crippen molar-refractivity contribution in [2.45, 2.75) is 17.5 Å². The first-order chi connectivity index (χ1) is 15.6.